The highest BCUT2D eigenvalue weighted by molar-refractivity contribution is 5.91. The molecule has 3 aliphatic rings. The Labute approximate surface area is 350 Å². The molecule has 0 bridgehead atoms. The number of aliphatic hydroxyl groups is 4. The Morgan fingerprint density at radius 1 is 1.00 bits per heavy atom. The summed E-state index contributed by atoms with van der Waals surface area (Å²) < 4.78 is 20.8. The number of ketones is 1. The van der Waals surface area contributed by atoms with Gasteiger partial charge in [0.15, 0.2) is 12.1 Å². The zero-order valence-corrected chi connectivity index (χ0v) is 36.0. The second kappa shape index (κ2) is 22.0. The molecule has 1 aromatic carbocycles. The van der Waals surface area contributed by atoms with Crippen LogP contribution in [0.5, 0.6) is 0 Å². The summed E-state index contributed by atoms with van der Waals surface area (Å²) in [5, 5.41) is 53.6. The monoisotopic (exact) mass is 824 g/mol. The molecule has 14 nitrogen and oxygen atoms in total. The van der Waals surface area contributed by atoms with Gasteiger partial charge in [-0.05, 0) is 84.1 Å². The van der Waals surface area contributed by atoms with E-state index in [0.717, 1.165) is 29.7 Å². The molecule has 12 atom stereocenters. The van der Waals surface area contributed by atoms with Crippen LogP contribution in [0.1, 0.15) is 90.3 Å². The lowest BCUT2D eigenvalue weighted by atomic mass is 9.79. The number of allylic oxidation sites excluding steroid dienone is 3. The minimum atomic E-state index is -1.25. The molecule has 1 saturated heterocycles. The SMILES string of the molecule is CC[C@H]1OC(=O)C[C@@H](O)[C@H](C)[C@@H](O[C@@H]2O[C@H](C)C(O)C(N(C)C)C2O)[C@@H](CCN(CCn2cc(C3CC3)nn2)Cc2ccccc2)C[C@@H](C)C(=O)/C=C/C(C)=C/[C@@H]1CO. The molecule has 0 amide bonds. The fraction of sp³-hybridized carbons (Fsp3) is 0.689. The molecule has 4 N–H and O–H groups in total. The summed E-state index contributed by atoms with van der Waals surface area (Å²) in [7, 11) is 3.55. The summed E-state index contributed by atoms with van der Waals surface area (Å²) >= 11 is 0. The third-order valence-corrected chi connectivity index (χ3v) is 12.4. The van der Waals surface area contributed by atoms with Crippen molar-refractivity contribution < 1.29 is 44.2 Å². The molecular formula is C45H69N5O9. The summed E-state index contributed by atoms with van der Waals surface area (Å²) in [4.78, 5) is 31.4. The quantitative estimate of drug-likeness (QED) is 0.202. The molecule has 328 valence electrons. The molecule has 3 heterocycles. The van der Waals surface area contributed by atoms with Crippen LogP contribution in [0.15, 0.2) is 60.3 Å². The van der Waals surface area contributed by atoms with Crippen molar-refractivity contribution in [2.45, 2.75) is 141 Å². The van der Waals surface area contributed by atoms with Crippen LogP contribution in [0.2, 0.25) is 0 Å². The molecule has 2 aliphatic heterocycles. The molecule has 0 radical (unpaired) electrons. The van der Waals surface area contributed by atoms with E-state index >= 15 is 0 Å². The molecule has 2 fully saturated rings. The molecule has 59 heavy (non-hydrogen) atoms. The van der Waals surface area contributed by atoms with Crippen LogP contribution in [0.4, 0.5) is 0 Å². The maximum atomic E-state index is 13.9. The number of benzene rings is 1. The first-order valence-corrected chi connectivity index (χ1v) is 21.6. The van der Waals surface area contributed by atoms with Gasteiger partial charge in [0.2, 0.25) is 0 Å². The fourth-order valence-electron chi connectivity index (χ4n) is 8.55. The zero-order valence-electron chi connectivity index (χ0n) is 36.0. The molecule has 1 saturated carbocycles. The highest BCUT2D eigenvalue weighted by Crippen LogP contribution is 2.39. The number of nitrogens with zero attached hydrogens (tertiary/aromatic N) is 5. The molecule has 2 aromatic rings. The first kappa shape index (κ1) is 46.7. The number of aliphatic hydroxyl groups excluding tert-OH is 4. The molecule has 0 spiro atoms. The third kappa shape index (κ3) is 13.1. The standard InChI is InChI=1S/C45H69N5O9/c1-8-39-35(27-51)22-28(2)14-17-37(52)29(3)23-34(18-19-49(25-32-12-10-9-11-13-32)20-21-50-26-36(46-47-50)33-15-16-33)44(30(4)38(53)24-40(54)58-39)59-45-43(56)41(48(6)7)42(55)31(5)57-45/h9-14,17,22,26,29-31,33-35,38-39,41-45,51,53,55-56H,8,15-16,18-21,23-25,27H2,1-7H3/b17-14+,28-22+/t29-,30+,31-,34+,35-,38-,39-,41?,42?,43?,44-,45+/m1/s1. The highest BCUT2D eigenvalue weighted by Gasteiger charge is 2.47. The molecule has 14 heteroatoms. The molecular weight excluding hydrogens is 755 g/mol. The number of carbonyl (C=O) groups is 2. The van der Waals surface area contributed by atoms with E-state index < -0.39 is 72.7 Å². The van der Waals surface area contributed by atoms with E-state index in [1.165, 1.54) is 0 Å². The number of rotatable bonds is 14. The van der Waals surface area contributed by atoms with Gasteiger partial charge in [-0.3, -0.25) is 19.2 Å². The lowest BCUT2D eigenvalue weighted by Crippen LogP contribution is -2.63. The predicted octanol–water partition coefficient (Wildman–Crippen LogP) is 3.87. The second-order valence-electron chi connectivity index (χ2n) is 17.4. The molecule has 5 rings (SSSR count). The summed E-state index contributed by atoms with van der Waals surface area (Å²) in [6.07, 6.45) is 3.69. The summed E-state index contributed by atoms with van der Waals surface area (Å²) in [5.41, 5.74) is 2.93. The largest absolute Gasteiger partial charge is 0.462 e. The van der Waals surface area contributed by atoms with E-state index in [1.807, 2.05) is 62.8 Å². The molecule has 3 unspecified atom stereocenters. The van der Waals surface area contributed by atoms with Gasteiger partial charge in [-0.2, -0.15) is 0 Å². The maximum absolute atomic E-state index is 13.9. The minimum absolute atomic E-state index is 0.0852. The van der Waals surface area contributed by atoms with Crippen molar-refractivity contribution in [1.29, 1.82) is 0 Å². The highest BCUT2D eigenvalue weighted by atomic mass is 16.7. The van der Waals surface area contributed by atoms with Crippen LogP contribution in [-0.2, 0) is 36.9 Å². The van der Waals surface area contributed by atoms with Crippen LogP contribution in [0.3, 0.4) is 0 Å². The van der Waals surface area contributed by atoms with Crippen molar-refractivity contribution in [3.63, 3.8) is 0 Å². The van der Waals surface area contributed by atoms with Gasteiger partial charge >= 0.3 is 5.97 Å². The van der Waals surface area contributed by atoms with Gasteiger partial charge in [0.25, 0.3) is 0 Å². The van der Waals surface area contributed by atoms with Crippen molar-refractivity contribution in [3.05, 3.63) is 71.6 Å². The summed E-state index contributed by atoms with van der Waals surface area (Å²) in [6, 6.07) is 9.52. The zero-order chi connectivity index (χ0) is 42.8. The van der Waals surface area contributed by atoms with Crippen LogP contribution >= 0.6 is 0 Å². The Kier molecular flexibility index (Phi) is 17.4. The van der Waals surface area contributed by atoms with Crippen molar-refractivity contribution >= 4 is 11.8 Å². The van der Waals surface area contributed by atoms with E-state index in [-0.39, 0.29) is 24.7 Å². The van der Waals surface area contributed by atoms with Crippen molar-refractivity contribution in [2.24, 2.45) is 23.7 Å². The van der Waals surface area contributed by atoms with Crippen molar-refractivity contribution in [2.75, 3.05) is 33.8 Å². The normalized spacial score (nSPS) is 34.4. The van der Waals surface area contributed by atoms with Gasteiger partial charge in [-0.25, -0.2) is 0 Å². The smallest absolute Gasteiger partial charge is 0.308 e. The van der Waals surface area contributed by atoms with Gasteiger partial charge in [-0.1, -0.05) is 74.0 Å². The number of hydrogen-bond donors (Lipinski definition) is 4. The number of likely N-dealkylation sites (N-methyl/N-ethyl adjacent to an activating group) is 1. The Hall–Kier alpha value is -3.34. The fourth-order valence-corrected chi connectivity index (χ4v) is 8.55. The number of esters is 1. The summed E-state index contributed by atoms with van der Waals surface area (Å²) in [6.45, 7) is 11.4. The van der Waals surface area contributed by atoms with Crippen LogP contribution in [0.25, 0.3) is 0 Å². The van der Waals surface area contributed by atoms with Crippen LogP contribution in [0, 0.1) is 23.7 Å². The van der Waals surface area contributed by atoms with E-state index in [1.54, 1.807) is 38.1 Å². The predicted molar refractivity (Wildman–Crippen MR) is 223 cm³/mol. The number of hydrogen-bond acceptors (Lipinski definition) is 13. The number of cyclic esters (lactones) is 1. The third-order valence-electron chi connectivity index (χ3n) is 12.4. The lowest BCUT2D eigenvalue weighted by Gasteiger charge is -2.46. The average molecular weight is 824 g/mol. The Morgan fingerprint density at radius 2 is 1.73 bits per heavy atom. The Bertz CT molecular complexity index is 1680. The van der Waals surface area contributed by atoms with Crippen LogP contribution in [-0.4, -0.2) is 140 Å². The van der Waals surface area contributed by atoms with E-state index in [2.05, 4.69) is 27.3 Å². The van der Waals surface area contributed by atoms with E-state index in [9.17, 15) is 30.0 Å². The van der Waals surface area contributed by atoms with Crippen molar-refractivity contribution in [3.8, 4) is 0 Å². The van der Waals surface area contributed by atoms with Crippen LogP contribution < -0.4 is 0 Å². The topological polar surface area (TPSA) is 180 Å². The summed E-state index contributed by atoms with van der Waals surface area (Å²) in [5.74, 6) is -2.20. The minimum Gasteiger partial charge on any atom is -0.462 e. The van der Waals surface area contributed by atoms with Gasteiger partial charge in [0, 0.05) is 43.0 Å². The van der Waals surface area contributed by atoms with Gasteiger partial charge in [0.05, 0.1) is 55.7 Å². The van der Waals surface area contributed by atoms with Gasteiger partial charge < -0.3 is 39.5 Å². The van der Waals surface area contributed by atoms with E-state index in [0.29, 0.717) is 51.4 Å². The molecule has 1 aliphatic carbocycles. The van der Waals surface area contributed by atoms with Crippen molar-refractivity contribution in [1.82, 2.24) is 24.8 Å². The first-order valence-electron chi connectivity index (χ1n) is 21.6. The maximum Gasteiger partial charge on any atom is 0.308 e. The second-order valence-corrected chi connectivity index (χ2v) is 17.4. The average Bonchev–Trinajstić information content (AvgIpc) is 3.95. The Morgan fingerprint density at radius 3 is 2.39 bits per heavy atom. The first-order chi connectivity index (χ1) is 28.2. The Balaban J connectivity index is 1.49. The molecule has 1 aromatic heterocycles. The van der Waals surface area contributed by atoms with E-state index in [4.69, 9.17) is 14.2 Å². The van der Waals surface area contributed by atoms with Gasteiger partial charge in [0.1, 0.15) is 12.2 Å². The number of ether oxygens (including phenoxy) is 3. The lowest BCUT2D eigenvalue weighted by molar-refractivity contribution is -0.304. The van der Waals surface area contributed by atoms with Gasteiger partial charge in [-0.15, -0.1) is 5.10 Å². The number of carbonyl (C=O) groups excluding carboxylic acids is 2. The number of aromatic nitrogens is 3.